The van der Waals surface area contributed by atoms with E-state index in [1.54, 1.807) is 4.57 Å². The number of H-pyrrole nitrogens is 1. The summed E-state index contributed by atoms with van der Waals surface area (Å²) in [5, 5.41) is 0. The summed E-state index contributed by atoms with van der Waals surface area (Å²) in [6.07, 6.45) is 2.25. The highest BCUT2D eigenvalue weighted by Gasteiger charge is 2.19. The number of aromatic nitrogens is 4. The second-order valence-electron chi connectivity index (χ2n) is 8.74. The van der Waals surface area contributed by atoms with Crippen molar-refractivity contribution in [1.29, 1.82) is 0 Å². The zero-order chi connectivity index (χ0) is 24.1. The van der Waals surface area contributed by atoms with Crippen molar-refractivity contribution in [2.75, 3.05) is 0 Å². The lowest BCUT2D eigenvalue weighted by Crippen LogP contribution is -2.40. The molecule has 0 spiro atoms. The molecule has 0 amide bonds. The molecule has 0 bridgehead atoms. The predicted molar refractivity (Wildman–Crippen MR) is 135 cm³/mol. The molecule has 0 radical (unpaired) electrons. The molecule has 7 nitrogen and oxygen atoms in total. The van der Waals surface area contributed by atoms with Gasteiger partial charge in [0.05, 0.1) is 0 Å². The van der Waals surface area contributed by atoms with Crippen molar-refractivity contribution in [2.45, 2.75) is 65.6 Å². The van der Waals surface area contributed by atoms with E-state index in [2.05, 4.69) is 24.0 Å². The zero-order valence-corrected chi connectivity index (χ0v) is 20.1. The number of aromatic amines is 1. The Morgan fingerprint density at radius 1 is 0.912 bits per heavy atom. The summed E-state index contributed by atoms with van der Waals surface area (Å²) in [5.41, 5.74) is 2.57. The Labute approximate surface area is 199 Å². The first kappa shape index (κ1) is 23.5. The highest BCUT2D eigenvalue weighted by molar-refractivity contribution is 5.70. The van der Waals surface area contributed by atoms with E-state index in [9.17, 15) is 9.59 Å². The van der Waals surface area contributed by atoms with Crippen LogP contribution in [0, 0.1) is 0 Å². The van der Waals surface area contributed by atoms with Crippen LogP contribution in [0.25, 0.3) is 11.2 Å². The maximum absolute atomic E-state index is 13.0. The number of nitrogens with zero attached hydrogens (tertiary/aromatic N) is 3. The first-order valence-electron chi connectivity index (χ1n) is 12.0. The molecule has 2 aromatic carbocycles. The van der Waals surface area contributed by atoms with Crippen LogP contribution in [-0.4, -0.2) is 19.1 Å². The van der Waals surface area contributed by atoms with Crippen molar-refractivity contribution >= 4 is 11.2 Å². The van der Waals surface area contributed by atoms with Gasteiger partial charge in [0.25, 0.3) is 5.56 Å². The van der Waals surface area contributed by atoms with E-state index in [1.165, 1.54) is 4.57 Å². The second-order valence-corrected chi connectivity index (χ2v) is 8.74. The average Bonchev–Trinajstić information content (AvgIpc) is 3.30. The van der Waals surface area contributed by atoms with Crippen molar-refractivity contribution < 1.29 is 4.74 Å². The van der Waals surface area contributed by atoms with Crippen LogP contribution in [0.5, 0.6) is 5.75 Å². The lowest BCUT2D eigenvalue weighted by atomic mass is 10.0. The minimum atomic E-state index is -0.292. The number of ether oxygens (including phenoxy) is 1. The summed E-state index contributed by atoms with van der Waals surface area (Å²) in [5.74, 6) is 1.59. The van der Waals surface area contributed by atoms with Crippen molar-refractivity contribution in [3.05, 3.63) is 92.4 Å². The van der Waals surface area contributed by atoms with Crippen LogP contribution in [0.3, 0.4) is 0 Å². The molecule has 1 atom stereocenters. The van der Waals surface area contributed by atoms with Crippen molar-refractivity contribution in [3.63, 3.8) is 0 Å². The van der Waals surface area contributed by atoms with E-state index in [0.29, 0.717) is 30.9 Å². The highest BCUT2D eigenvalue weighted by Crippen LogP contribution is 2.22. The molecule has 0 fully saturated rings. The van der Waals surface area contributed by atoms with Crippen LogP contribution in [0.2, 0.25) is 0 Å². The summed E-state index contributed by atoms with van der Waals surface area (Å²) in [4.78, 5) is 33.8. The minimum Gasteiger partial charge on any atom is -0.489 e. The number of imidazole rings is 1. The molecule has 2 aromatic heterocycles. The molecule has 4 rings (SSSR count). The first-order chi connectivity index (χ1) is 16.5. The third-order valence-corrected chi connectivity index (χ3v) is 5.95. The molecular formula is C27H32N4O3. The Bertz CT molecular complexity index is 1350. The fraction of sp³-hybridized carbons (Fsp3) is 0.370. The zero-order valence-electron chi connectivity index (χ0n) is 20.1. The monoisotopic (exact) mass is 460 g/mol. The van der Waals surface area contributed by atoms with E-state index in [1.807, 2.05) is 56.3 Å². The fourth-order valence-electron chi connectivity index (χ4n) is 4.18. The van der Waals surface area contributed by atoms with Crippen LogP contribution in [0.4, 0.5) is 0 Å². The standard InChI is InChI=1S/C27H32N4O3/c1-4-15-30-25-23(26(32)31(16-5-2)27(30)33)28-24(29-25)19(3)17-20-11-13-22(14-12-20)34-18-21-9-7-6-8-10-21/h6-14,19H,4-5,15-18H2,1-3H3,(H,28,29). The average molecular weight is 461 g/mol. The topological polar surface area (TPSA) is 81.9 Å². The van der Waals surface area contributed by atoms with E-state index in [4.69, 9.17) is 9.72 Å². The van der Waals surface area contributed by atoms with Gasteiger partial charge in [0.15, 0.2) is 5.65 Å². The first-order valence-corrected chi connectivity index (χ1v) is 12.0. The van der Waals surface area contributed by atoms with E-state index < -0.39 is 0 Å². The van der Waals surface area contributed by atoms with Gasteiger partial charge in [0.2, 0.25) is 0 Å². The Morgan fingerprint density at radius 2 is 1.59 bits per heavy atom. The summed E-state index contributed by atoms with van der Waals surface area (Å²) in [6, 6.07) is 18.1. The van der Waals surface area contributed by atoms with Crippen molar-refractivity contribution in [1.82, 2.24) is 19.1 Å². The third kappa shape index (κ3) is 4.98. The molecule has 178 valence electrons. The van der Waals surface area contributed by atoms with Crippen LogP contribution in [0.1, 0.15) is 56.5 Å². The third-order valence-electron chi connectivity index (χ3n) is 5.95. The summed E-state index contributed by atoms with van der Waals surface area (Å²) in [7, 11) is 0. The van der Waals surface area contributed by atoms with Gasteiger partial charge < -0.3 is 9.72 Å². The molecule has 1 N–H and O–H groups in total. The number of rotatable bonds is 10. The highest BCUT2D eigenvalue weighted by atomic mass is 16.5. The van der Waals surface area contributed by atoms with E-state index in [-0.39, 0.29) is 17.2 Å². The second kappa shape index (κ2) is 10.5. The lowest BCUT2D eigenvalue weighted by molar-refractivity contribution is 0.306. The van der Waals surface area contributed by atoms with Gasteiger partial charge in [0.1, 0.15) is 23.7 Å². The molecule has 7 heteroatoms. The Hall–Kier alpha value is -3.61. The molecule has 1 unspecified atom stereocenters. The molecule has 2 heterocycles. The Kier molecular flexibility index (Phi) is 7.30. The number of fused-ring (bicyclic) bond motifs is 1. The maximum atomic E-state index is 13.0. The quantitative estimate of drug-likeness (QED) is 0.374. The van der Waals surface area contributed by atoms with Gasteiger partial charge in [0, 0.05) is 19.0 Å². The summed E-state index contributed by atoms with van der Waals surface area (Å²) < 4.78 is 8.82. The van der Waals surface area contributed by atoms with Crippen LogP contribution in [-0.2, 0) is 26.1 Å². The molecule has 0 saturated carbocycles. The van der Waals surface area contributed by atoms with Gasteiger partial charge in [-0.1, -0.05) is 63.2 Å². The Balaban J connectivity index is 1.53. The van der Waals surface area contributed by atoms with Gasteiger partial charge in [-0.15, -0.1) is 0 Å². The molecule has 34 heavy (non-hydrogen) atoms. The van der Waals surface area contributed by atoms with Gasteiger partial charge in [-0.2, -0.15) is 0 Å². The van der Waals surface area contributed by atoms with Crippen molar-refractivity contribution in [2.24, 2.45) is 0 Å². The smallest absolute Gasteiger partial charge is 0.332 e. The van der Waals surface area contributed by atoms with Gasteiger partial charge >= 0.3 is 5.69 Å². The molecule has 0 aliphatic carbocycles. The molecule has 0 aliphatic heterocycles. The molecule has 0 aliphatic rings. The predicted octanol–water partition coefficient (Wildman–Crippen LogP) is 4.63. The van der Waals surface area contributed by atoms with Crippen LogP contribution in [0.15, 0.2) is 64.2 Å². The summed E-state index contributed by atoms with van der Waals surface area (Å²) in [6.45, 7) is 7.51. The van der Waals surface area contributed by atoms with Gasteiger partial charge in [-0.25, -0.2) is 9.78 Å². The van der Waals surface area contributed by atoms with Crippen molar-refractivity contribution in [3.8, 4) is 5.75 Å². The van der Waals surface area contributed by atoms with Crippen LogP contribution >= 0.6 is 0 Å². The lowest BCUT2D eigenvalue weighted by Gasteiger charge is -2.10. The normalized spacial score (nSPS) is 12.2. The van der Waals surface area contributed by atoms with Crippen LogP contribution < -0.4 is 16.0 Å². The molecular weight excluding hydrogens is 428 g/mol. The minimum absolute atomic E-state index is 0.0488. The summed E-state index contributed by atoms with van der Waals surface area (Å²) >= 11 is 0. The van der Waals surface area contributed by atoms with E-state index >= 15 is 0 Å². The fourth-order valence-corrected chi connectivity index (χ4v) is 4.18. The number of benzene rings is 2. The maximum Gasteiger partial charge on any atom is 0.332 e. The SMILES string of the molecule is CCCn1c(=O)c2[nH]c(C(C)Cc3ccc(OCc4ccccc4)cc3)nc2n(CCC)c1=O. The molecule has 4 aromatic rings. The van der Waals surface area contributed by atoms with Gasteiger partial charge in [-0.05, 0) is 42.5 Å². The van der Waals surface area contributed by atoms with Gasteiger partial charge in [-0.3, -0.25) is 13.9 Å². The number of hydrogen-bond acceptors (Lipinski definition) is 4. The number of aryl methyl sites for hydroxylation is 1. The number of hydrogen-bond donors (Lipinski definition) is 1. The van der Waals surface area contributed by atoms with E-state index in [0.717, 1.165) is 42.0 Å². The number of nitrogens with one attached hydrogen (secondary N) is 1. The largest absolute Gasteiger partial charge is 0.489 e. The molecule has 0 saturated heterocycles. The Morgan fingerprint density at radius 3 is 2.26 bits per heavy atom.